The molecule has 3 aliphatic rings. The van der Waals surface area contributed by atoms with Crippen LogP contribution >= 0.6 is 0 Å². The maximum Gasteiger partial charge on any atom is 0.300 e. The van der Waals surface area contributed by atoms with Crippen molar-refractivity contribution in [2.45, 2.75) is 64.9 Å². The number of carboxylic acids is 2. The van der Waals surface area contributed by atoms with Crippen LogP contribution in [0.5, 0.6) is 0 Å². The zero-order chi connectivity index (χ0) is 24.6. The van der Waals surface area contributed by atoms with Gasteiger partial charge in [0.2, 0.25) is 5.95 Å². The maximum atomic E-state index is 10.7. The lowest BCUT2D eigenvalue weighted by atomic mass is 9.72. The summed E-state index contributed by atoms with van der Waals surface area (Å²) in [6.45, 7) is 5.94. The Labute approximate surface area is 196 Å². The Morgan fingerprint density at radius 1 is 1.09 bits per heavy atom. The molecule has 3 heterocycles. The second-order valence-electron chi connectivity index (χ2n) is 9.28. The van der Waals surface area contributed by atoms with E-state index in [1.807, 2.05) is 19.0 Å². The van der Waals surface area contributed by atoms with E-state index < -0.39 is 11.9 Å². The van der Waals surface area contributed by atoms with E-state index in [0.717, 1.165) is 83.9 Å². The number of carbonyl (C=O) groups is 2. The standard InChI is InChI=1S/C19H31N5O.2C2H4O2/c1-23(2)18-21-15-7-4-3-6-14(15)17(22-18)24-11-5-9-19(13-24)12-20-10-8-16(19)25;2*1-2(3)4/h16,20,25H,3-13H2,1-2H3;2*1H3,(H,3,4)/t16-,19-;;/m0../s1. The van der Waals surface area contributed by atoms with Crippen LogP contribution in [-0.4, -0.2) is 83.6 Å². The lowest BCUT2D eigenvalue weighted by molar-refractivity contribution is -0.135. The van der Waals surface area contributed by atoms with Gasteiger partial charge >= 0.3 is 0 Å². The fraction of sp³-hybridized carbons (Fsp3) is 0.739. The quantitative estimate of drug-likeness (QED) is 0.508. The first-order valence-electron chi connectivity index (χ1n) is 11.7. The predicted octanol–water partition coefficient (Wildman–Crippen LogP) is 1.54. The van der Waals surface area contributed by atoms with Crippen LogP contribution in [0.1, 0.15) is 57.2 Å². The van der Waals surface area contributed by atoms with Crippen molar-refractivity contribution in [2.75, 3.05) is 50.1 Å². The van der Waals surface area contributed by atoms with Crippen LogP contribution in [0.15, 0.2) is 0 Å². The Balaban J connectivity index is 0.000000420. The summed E-state index contributed by atoms with van der Waals surface area (Å²) in [6.07, 6.45) is 7.48. The van der Waals surface area contributed by atoms with Crippen molar-refractivity contribution < 1.29 is 24.9 Å². The van der Waals surface area contributed by atoms with Gasteiger partial charge < -0.3 is 30.4 Å². The summed E-state index contributed by atoms with van der Waals surface area (Å²) in [7, 11) is 4.03. The molecule has 33 heavy (non-hydrogen) atoms. The van der Waals surface area contributed by atoms with Crippen LogP contribution in [0.4, 0.5) is 11.8 Å². The van der Waals surface area contributed by atoms with Crippen molar-refractivity contribution in [3.8, 4) is 0 Å². The van der Waals surface area contributed by atoms with Gasteiger partial charge in [0.15, 0.2) is 0 Å². The van der Waals surface area contributed by atoms with E-state index in [1.54, 1.807) is 0 Å². The molecule has 10 heteroatoms. The molecular weight excluding hydrogens is 426 g/mol. The molecule has 0 aromatic carbocycles. The number of fused-ring (bicyclic) bond motifs is 1. The number of aliphatic hydroxyl groups excluding tert-OH is 1. The van der Waals surface area contributed by atoms with Gasteiger partial charge in [0.25, 0.3) is 11.9 Å². The van der Waals surface area contributed by atoms with E-state index in [0.29, 0.717) is 0 Å². The Morgan fingerprint density at radius 2 is 1.73 bits per heavy atom. The number of aryl methyl sites for hydroxylation is 1. The zero-order valence-corrected chi connectivity index (χ0v) is 20.3. The lowest BCUT2D eigenvalue weighted by Crippen LogP contribution is -2.58. The first kappa shape index (κ1) is 26.8. The summed E-state index contributed by atoms with van der Waals surface area (Å²) in [5.41, 5.74) is 2.57. The van der Waals surface area contributed by atoms with E-state index in [4.69, 9.17) is 29.8 Å². The number of aliphatic carboxylic acids is 2. The highest BCUT2D eigenvalue weighted by Gasteiger charge is 2.44. The molecule has 4 N–H and O–H groups in total. The average Bonchev–Trinajstić information content (AvgIpc) is 2.74. The van der Waals surface area contributed by atoms with Gasteiger partial charge in [0.05, 0.1) is 11.8 Å². The second kappa shape index (κ2) is 12.1. The summed E-state index contributed by atoms with van der Waals surface area (Å²) in [5, 5.41) is 29.1. The fourth-order valence-electron chi connectivity index (χ4n) is 4.78. The van der Waals surface area contributed by atoms with Gasteiger partial charge in [0.1, 0.15) is 5.82 Å². The Kier molecular flexibility index (Phi) is 9.85. The number of anilines is 2. The molecule has 0 radical (unpaired) electrons. The highest BCUT2D eigenvalue weighted by molar-refractivity contribution is 5.63. The van der Waals surface area contributed by atoms with Gasteiger partial charge in [-0.15, -0.1) is 0 Å². The zero-order valence-electron chi connectivity index (χ0n) is 20.3. The number of nitrogens with one attached hydrogen (secondary N) is 1. The van der Waals surface area contributed by atoms with Crippen LogP contribution in [-0.2, 0) is 22.4 Å². The van der Waals surface area contributed by atoms with Gasteiger partial charge in [-0.3, -0.25) is 9.59 Å². The Morgan fingerprint density at radius 3 is 2.33 bits per heavy atom. The molecule has 2 aliphatic heterocycles. The molecule has 2 atom stereocenters. The number of hydrogen-bond acceptors (Lipinski definition) is 8. The summed E-state index contributed by atoms with van der Waals surface area (Å²) in [5.74, 6) is 0.280. The number of hydrogen-bond donors (Lipinski definition) is 4. The molecule has 186 valence electrons. The molecule has 1 aromatic heterocycles. The smallest absolute Gasteiger partial charge is 0.300 e. The second-order valence-corrected chi connectivity index (χ2v) is 9.28. The van der Waals surface area contributed by atoms with Crippen LogP contribution < -0.4 is 15.1 Å². The molecule has 0 saturated carbocycles. The Hall–Kier alpha value is -2.46. The minimum absolute atomic E-state index is 0.0265. The molecule has 1 spiro atoms. The molecule has 4 rings (SSSR count). The van der Waals surface area contributed by atoms with Gasteiger partial charge in [-0.1, -0.05) is 0 Å². The maximum absolute atomic E-state index is 10.7. The van der Waals surface area contributed by atoms with Gasteiger partial charge in [-0.05, 0) is 51.5 Å². The van der Waals surface area contributed by atoms with E-state index in [9.17, 15) is 5.11 Å². The number of nitrogens with zero attached hydrogens (tertiary/aromatic N) is 4. The van der Waals surface area contributed by atoms with Crippen molar-refractivity contribution in [3.05, 3.63) is 11.3 Å². The molecule has 0 bridgehead atoms. The monoisotopic (exact) mass is 465 g/mol. The normalized spacial score (nSPS) is 23.9. The molecular formula is C23H39N5O5. The van der Waals surface area contributed by atoms with Crippen LogP contribution in [0.2, 0.25) is 0 Å². The van der Waals surface area contributed by atoms with E-state index >= 15 is 0 Å². The molecule has 10 nitrogen and oxygen atoms in total. The van der Waals surface area contributed by atoms with Gasteiger partial charge in [-0.2, -0.15) is 4.98 Å². The van der Waals surface area contributed by atoms with E-state index in [2.05, 4.69) is 10.2 Å². The molecule has 0 unspecified atom stereocenters. The minimum atomic E-state index is -0.833. The van der Waals surface area contributed by atoms with E-state index in [-0.39, 0.29) is 11.5 Å². The predicted molar refractivity (Wildman–Crippen MR) is 127 cm³/mol. The van der Waals surface area contributed by atoms with Crippen molar-refractivity contribution in [3.63, 3.8) is 0 Å². The van der Waals surface area contributed by atoms with Crippen LogP contribution in [0.25, 0.3) is 0 Å². The third-order valence-corrected chi connectivity index (χ3v) is 6.24. The van der Waals surface area contributed by atoms with E-state index in [1.165, 1.54) is 24.1 Å². The van der Waals surface area contributed by atoms with Crippen LogP contribution in [0.3, 0.4) is 0 Å². The Bertz CT molecular complexity index is 795. The highest BCUT2D eigenvalue weighted by atomic mass is 16.4. The number of piperidine rings is 2. The molecule has 2 saturated heterocycles. The van der Waals surface area contributed by atoms with Crippen molar-refractivity contribution in [1.29, 1.82) is 0 Å². The molecule has 1 aromatic rings. The number of aliphatic hydroxyl groups is 1. The van der Waals surface area contributed by atoms with Crippen molar-refractivity contribution in [1.82, 2.24) is 15.3 Å². The number of carboxylic acid groups (broad SMARTS) is 2. The summed E-state index contributed by atoms with van der Waals surface area (Å²) < 4.78 is 0. The first-order chi connectivity index (χ1) is 15.6. The van der Waals surface area contributed by atoms with Crippen molar-refractivity contribution >= 4 is 23.7 Å². The minimum Gasteiger partial charge on any atom is -0.481 e. The third-order valence-electron chi connectivity index (χ3n) is 6.24. The van der Waals surface area contributed by atoms with Crippen molar-refractivity contribution in [2.24, 2.45) is 5.41 Å². The van der Waals surface area contributed by atoms with Gasteiger partial charge in [-0.25, -0.2) is 4.98 Å². The van der Waals surface area contributed by atoms with Gasteiger partial charge in [0, 0.05) is 58.6 Å². The molecule has 2 fully saturated rings. The number of rotatable bonds is 2. The molecule has 1 aliphatic carbocycles. The SMILES string of the molecule is CC(=O)O.CC(=O)O.CN(C)c1nc2c(c(N3CCC[C@]4(CNCC[C@@H]4O)C3)n1)CCCC2. The summed E-state index contributed by atoms with van der Waals surface area (Å²) >= 11 is 0. The highest BCUT2D eigenvalue weighted by Crippen LogP contribution is 2.39. The summed E-state index contributed by atoms with van der Waals surface area (Å²) in [6, 6.07) is 0. The fourth-order valence-corrected chi connectivity index (χ4v) is 4.78. The lowest BCUT2D eigenvalue weighted by Gasteiger charge is -2.49. The third kappa shape index (κ3) is 7.53. The first-order valence-corrected chi connectivity index (χ1v) is 11.7. The average molecular weight is 466 g/mol. The molecule has 0 amide bonds. The van der Waals surface area contributed by atoms with Crippen LogP contribution in [0, 0.1) is 5.41 Å². The summed E-state index contributed by atoms with van der Waals surface area (Å²) in [4.78, 5) is 32.2. The topological polar surface area (TPSA) is 139 Å². The largest absolute Gasteiger partial charge is 0.481 e. The number of aromatic nitrogens is 2.